The number of nitrogens with one attached hydrogen (secondary N) is 2. The third-order valence-corrected chi connectivity index (χ3v) is 3.87. The van der Waals surface area contributed by atoms with E-state index in [9.17, 15) is 4.79 Å². The number of amides is 1. The van der Waals surface area contributed by atoms with Crippen LogP contribution in [0.3, 0.4) is 0 Å². The average molecular weight is 305 g/mol. The van der Waals surface area contributed by atoms with Crippen molar-refractivity contribution in [2.45, 2.75) is 19.9 Å². The number of nitrogens with zero attached hydrogens (tertiary/aromatic N) is 1. The van der Waals surface area contributed by atoms with E-state index in [1.807, 2.05) is 68.4 Å². The summed E-state index contributed by atoms with van der Waals surface area (Å²) in [5, 5.41) is 9.98. The van der Waals surface area contributed by atoms with Gasteiger partial charge in [0.05, 0.1) is 23.5 Å². The monoisotopic (exact) mass is 305 g/mol. The highest BCUT2D eigenvalue weighted by molar-refractivity contribution is 5.99. The minimum absolute atomic E-state index is 0.0653. The van der Waals surface area contributed by atoms with Crippen molar-refractivity contribution >= 4 is 5.91 Å². The number of aromatic nitrogens is 2. The molecule has 4 heteroatoms. The Bertz CT molecular complexity index is 791. The molecule has 0 fully saturated rings. The summed E-state index contributed by atoms with van der Waals surface area (Å²) >= 11 is 0. The number of benzene rings is 2. The Hall–Kier alpha value is -2.88. The highest BCUT2D eigenvalue weighted by Gasteiger charge is 2.17. The second-order valence-electron chi connectivity index (χ2n) is 5.63. The summed E-state index contributed by atoms with van der Waals surface area (Å²) in [5.41, 5.74) is 4.49. The first kappa shape index (κ1) is 15.0. The van der Waals surface area contributed by atoms with Crippen molar-refractivity contribution in [3.05, 3.63) is 77.5 Å². The minimum Gasteiger partial charge on any atom is -0.345 e. The Balaban J connectivity index is 1.81. The molecule has 4 nitrogen and oxygen atoms in total. The van der Waals surface area contributed by atoms with Crippen LogP contribution >= 0.6 is 0 Å². The van der Waals surface area contributed by atoms with E-state index in [4.69, 9.17) is 0 Å². The molecule has 23 heavy (non-hydrogen) atoms. The van der Waals surface area contributed by atoms with Gasteiger partial charge in [-0.3, -0.25) is 9.89 Å². The molecular weight excluding hydrogens is 286 g/mol. The van der Waals surface area contributed by atoms with Gasteiger partial charge in [-0.25, -0.2) is 0 Å². The third kappa shape index (κ3) is 3.31. The first-order chi connectivity index (χ1) is 11.1. The molecule has 0 radical (unpaired) electrons. The number of hydrogen-bond acceptors (Lipinski definition) is 2. The molecule has 1 aromatic heterocycles. The molecule has 0 aliphatic rings. The standard InChI is InChI=1S/C19H19N3O/c1-13-8-10-16(11-9-13)18-17(12-20-22-18)19(23)21-14(2)15-6-4-3-5-7-15/h3-12,14H,1-2H3,(H,20,22)(H,21,23). The van der Waals surface area contributed by atoms with E-state index in [1.165, 1.54) is 5.56 Å². The fraction of sp³-hybridized carbons (Fsp3) is 0.158. The zero-order valence-electron chi connectivity index (χ0n) is 13.2. The molecule has 1 heterocycles. The summed E-state index contributed by atoms with van der Waals surface area (Å²) in [7, 11) is 0. The van der Waals surface area contributed by atoms with E-state index in [-0.39, 0.29) is 11.9 Å². The van der Waals surface area contributed by atoms with Crippen molar-refractivity contribution in [1.29, 1.82) is 0 Å². The predicted molar refractivity (Wildman–Crippen MR) is 91.1 cm³/mol. The second-order valence-corrected chi connectivity index (χ2v) is 5.63. The van der Waals surface area contributed by atoms with Gasteiger partial charge in [0.15, 0.2) is 0 Å². The lowest BCUT2D eigenvalue weighted by Gasteiger charge is -2.14. The lowest BCUT2D eigenvalue weighted by molar-refractivity contribution is 0.0940. The molecule has 1 amide bonds. The topological polar surface area (TPSA) is 57.8 Å². The van der Waals surface area contributed by atoms with Gasteiger partial charge in [0.2, 0.25) is 0 Å². The summed E-state index contributed by atoms with van der Waals surface area (Å²) < 4.78 is 0. The number of H-pyrrole nitrogens is 1. The first-order valence-electron chi connectivity index (χ1n) is 7.61. The maximum atomic E-state index is 12.6. The van der Waals surface area contributed by atoms with Crippen LogP contribution in [0, 0.1) is 6.92 Å². The van der Waals surface area contributed by atoms with Crippen molar-refractivity contribution < 1.29 is 4.79 Å². The Morgan fingerprint density at radius 1 is 1.09 bits per heavy atom. The summed E-state index contributed by atoms with van der Waals surface area (Å²) in [6.07, 6.45) is 1.57. The molecule has 116 valence electrons. The Morgan fingerprint density at radius 3 is 2.48 bits per heavy atom. The molecular formula is C19H19N3O. The lowest BCUT2D eigenvalue weighted by atomic mass is 10.0. The number of rotatable bonds is 4. The normalized spacial score (nSPS) is 11.9. The van der Waals surface area contributed by atoms with Gasteiger partial charge in [0.1, 0.15) is 0 Å². The van der Waals surface area contributed by atoms with E-state index in [1.54, 1.807) is 6.20 Å². The fourth-order valence-corrected chi connectivity index (χ4v) is 2.50. The van der Waals surface area contributed by atoms with E-state index in [2.05, 4.69) is 15.5 Å². The van der Waals surface area contributed by atoms with Crippen molar-refractivity contribution in [1.82, 2.24) is 15.5 Å². The summed E-state index contributed by atoms with van der Waals surface area (Å²) in [6, 6.07) is 17.8. The van der Waals surface area contributed by atoms with E-state index in [0.29, 0.717) is 5.56 Å². The predicted octanol–water partition coefficient (Wildman–Crippen LogP) is 3.88. The molecule has 1 atom stereocenters. The van der Waals surface area contributed by atoms with E-state index in [0.717, 1.165) is 16.8 Å². The zero-order valence-corrected chi connectivity index (χ0v) is 13.2. The molecule has 3 rings (SSSR count). The molecule has 0 spiro atoms. The highest BCUT2D eigenvalue weighted by Crippen LogP contribution is 2.22. The molecule has 0 bridgehead atoms. The molecule has 2 N–H and O–H groups in total. The maximum absolute atomic E-state index is 12.6. The maximum Gasteiger partial charge on any atom is 0.255 e. The van der Waals surface area contributed by atoms with Crippen LogP contribution in [0.25, 0.3) is 11.3 Å². The number of aryl methyl sites for hydroxylation is 1. The second kappa shape index (κ2) is 6.48. The van der Waals surface area contributed by atoms with Crippen LogP contribution in [0.4, 0.5) is 0 Å². The van der Waals surface area contributed by atoms with Gasteiger partial charge < -0.3 is 5.32 Å². The molecule has 3 aromatic rings. The van der Waals surface area contributed by atoms with Gasteiger partial charge in [-0.1, -0.05) is 60.2 Å². The third-order valence-electron chi connectivity index (χ3n) is 3.87. The fourth-order valence-electron chi connectivity index (χ4n) is 2.50. The Labute approximate surface area is 135 Å². The quantitative estimate of drug-likeness (QED) is 0.768. The van der Waals surface area contributed by atoms with Crippen LogP contribution in [-0.4, -0.2) is 16.1 Å². The summed E-state index contributed by atoms with van der Waals surface area (Å²) in [5.74, 6) is -0.134. The van der Waals surface area contributed by atoms with Gasteiger partial charge in [-0.15, -0.1) is 0 Å². The van der Waals surface area contributed by atoms with Crippen LogP contribution in [0.5, 0.6) is 0 Å². The summed E-state index contributed by atoms with van der Waals surface area (Å²) in [6.45, 7) is 4.00. The number of aromatic amines is 1. The minimum atomic E-state index is -0.134. The Kier molecular flexibility index (Phi) is 4.24. The molecule has 0 aliphatic carbocycles. The molecule has 0 saturated carbocycles. The van der Waals surface area contributed by atoms with Gasteiger partial charge in [-0.05, 0) is 19.4 Å². The number of carbonyl (C=O) groups is 1. The van der Waals surface area contributed by atoms with Crippen LogP contribution in [0.15, 0.2) is 60.8 Å². The van der Waals surface area contributed by atoms with Crippen LogP contribution in [-0.2, 0) is 0 Å². The van der Waals surface area contributed by atoms with Crippen molar-refractivity contribution in [3.8, 4) is 11.3 Å². The summed E-state index contributed by atoms with van der Waals surface area (Å²) in [4.78, 5) is 12.6. The molecule has 0 saturated heterocycles. The Morgan fingerprint density at radius 2 is 1.78 bits per heavy atom. The van der Waals surface area contributed by atoms with Gasteiger partial charge >= 0.3 is 0 Å². The smallest absolute Gasteiger partial charge is 0.255 e. The highest BCUT2D eigenvalue weighted by atomic mass is 16.1. The zero-order chi connectivity index (χ0) is 16.2. The van der Waals surface area contributed by atoms with Gasteiger partial charge in [0, 0.05) is 5.56 Å². The van der Waals surface area contributed by atoms with E-state index < -0.39 is 0 Å². The van der Waals surface area contributed by atoms with Crippen molar-refractivity contribution in [3.63, 3.8) is 0 Å². The van der Waals surface area contributed by atoms with E-state index >= 15 is 0 Å². The number of hydrogen-bond donors (Lipinski definition) is 2. The molecule has 1 unspecified atom stereocenters. The van der Waals surface area contributed by atoms with Crippen LogP contribution < -0.4 is 5.32 Å². The lowest BCUT2D eigenvalue weighted by Crippen LogP contribution is -2.26. The van der Waals surface area contributed by atoms with Crippen LogP contribution in [0.2, 0.25) is 0 Å². The van der Waals surface area contributed by atoms with Crippen molar-refractivity contribution in [2.24, 2.45) is 0 Å². The molecule has 2 aromatic carbocycles. The SMILES string of the molecule is Cc1ccc(-c2[nH]ncc2C(=O)NC(C)c2ccccc2)cc1. The first-order valence-corrected chi connectivity index (χ1v) is 7.61. The largest absolute Gasteiger partial charge is 0.345 e. The number of carbonyl (C=O) groups excluding carboxylic acids is 1. The van der Waals surface area contributed by atoms with Gasteiger partial charge in [0.25, 0.3) is 5.91 Å². The molecule has 0 aliphatic heterocycles. The average Bonchev–Trinajstić information content (AvgIpc) is 3.06. The van der Waals surface area contributed by atoms with Crippen LogP contribution in [0.1, 0.15) is 34.5 Å². The van der Waals surface area contributed by atoms with Crippen molar-refractivity contribution in [2.75, 3.05) is 0 Å². The van der Waals surface area contributed by atoms with Gasteiger partial charge in [-0.2, -0.15) is 5.10 Å².